The number of amides is 4. The first-order valence-electron chi connectivity index (χ1n) is 10.1. The van der Waals surface area contributed by atoms with Gasteiger partial charge in [0.2, 0.25) is 0 Å². The van der Waals surface area contributed by atoms with Crippen molar-refractivity contribution < 1.29 is 23.9 Å². The number of ether oxygens (including phenoxy) is 1. The van der Waals surface area contributed by atoms with Gasteiger partial charge in [0.1, 0.15) is 6.04 Å². The van der Waals surface area contributed by atoms with E-state index < -0.39 is 29.9 Å². The van der Waals surface area contributed by atoms with Gasteiger partial charge in [-0.3, -0.25) is 9.59 Å². The number of hydrogen-bond donors (Lipinski definition) is 1. The lowest BCUT2D eigenvalue weighted by atomic mass is 9.99. The molecular formula is C23H25N3O5. The number of imide groups is 1. The summed E-state index contributed by atoms with van der Waals surface area (Å²) >= 11 is 0. The molecule has 31 heavy (non-hydrogen) atoms. The highest BCUT2D eigenvalue weighted by Gasteiger charge is 2.42. The van der Waals surface area contributed by atoms with E-state index in [-0.39, 0.29) is 23.6 Å². The van der Waals surface area contributed by atoms with Crippen LogP contribution in [0.4, 0.5) is 4.79 Å². The number of rotatable bonds is 7. The lowest BCUT2D eigenvalue weighted by Crippen LogP contribution is -2.57. The molecule has 1 unspecified atom stereocenters. The van der Waals surface area contributed by atoms with Crippen molar-refractivity contribution in [3.05, 3.63) is 71.3 Å². The fourth-order valence-electron chi connectivity index (χ4n) is 3.39. The van der Waals surface area contributed by atoms with Crippen LogP contribution in [-0.4, -0.2) is 47.0 Å². The molecule has 0 saturated carbocycles. The van der Waals surface area contributed by atoms with Crippen LogP contribution in [0.1, 0.15) is 46.5 Å². The zero-order chi connectivity index (χ0) is 22.5. The third-order valence-corrected chi connectivity index (χ3v) is 5.37. The minimum Gasteiger partial charge on any atom is -0.467 e. The van der Waals surface area contributed by atoms with Gasteiger partial charge in [-0.2, -0.15) is 5.01 Å². The quantitative estimate of drug-likeness (QED) is 0.546. The smallest absolute Gasteiger partial charge is 0.337 e. The molecule has 8 heteroatoms. The van der Waals surface area contributed by atoms with Gasteiger partial charge in [0.15, 0.2) is 0 Å². The Kier molecular flexibility index (Phi) is 6.69. The second-order valence-corrected chi connectivity index (χ2v) is 7.35. The maximum Gasteiger partial charge on any atom is 0.337 e. The molecule has 0 bridgehead atoms. The van der Waals surface area contributed by atoms with Gasteiger partial charge >= 0.3 is 12.0 Å². The number of fused-ring (bicyclic) bond motifs is 1. The molecule has 0 aromatic heterocycles. The van der Waals surface area contributed by atoms with Crippen molar-refractivity contribution in [1.82, 2.24) is 15.3 Å². The Morgan fingerprint density at radius 2 is 1.55 bits per heavy atom. The van der Waals surface area contributed by atoms with Crippen molar-refractivity contribution >= 4 is 23.8 Å². The molecule has 1 aliphatic rings. The van der Waals surface area contributed by atoms with Crippen molar-refractivity contribution in [2.24, 2.45) is 5.92 Å². The van der Waals surface area contributed by atoms with E-state index in [1.54, 1.807) is 48.5 Å². The summed E-state index contributed by atoms with van der Waals surface area (Å²) in [5.74, 6) is -1.99. The minimum atomic E-state index is -0.920. The van der Waals surface area contributed by atoms with Gasteiger partial charge in [-0.15, -0.1) is 0 Å². The first-order valence-corrected chi connectivity index (χ1v) is 10.1. The van der Waals surface area contributed by atoms with Crippen LogP contribution in [0.2, 0.25) is 0 Å². The Balaban J connectivity index is 1.95. The molecule has 1 aliphatic heterocycles. The van der Waals surface area contributed by atoms with Crippen LogP contribution in [0, 0.1) is 5.92 Å². The summed E-state index contributed by atoms with van der Waals surface area (Å²) in [6, 6.07) is 13.7. The van der Waals surface area contributed by atoms with Crippen molar-refractivity contribution in [2.75, 3.05) is 7.11 Å². The Labute approximate surface area is 180 Å². The summed E-state index contributed by atoms with van der Waals surface area (Å²) in [4.78, 5) is 51.5. The average Bonchev–Trinajstić information content (AvgIpc) is 3.05. The summed E-state index contributed by atoms with van der Waals surface area (Å²) in [7, 11) is 1.25. The molecule has 0 aliphatic carbocycles. The molecule has 2 atom stereocenters. The van der Waals surface area contributed by atoms with Gasteiger partial charge in [0.25, 0.3) is 11.8 Å². The van der Waals surface area contributed by atoms with Gasteiger partial charge in [0.05, 0.1) is 24.8 Å². The van der Waals surface area contributed by atoms with Crippen LogP contribution in [0.25, 0.3) is 0 Å². The van der Waals surface area contributed by atoms with E-state index in [9.17, 15) is 19.2 Å². The molecule has 1 heterocycles. The highest BCUT2D eigenvalue weighted by atomic mass is 16.5. The maximum absolute atomic E-state index is 13.3. The molecule has 162 valence electrons. The fraction of sp³-hybridized carbons (Fsp3) is 0.304. The highest BCUT2D eigenvalue weighted by molar-refractivity contribution is 6.21. The summed E-state index contributed by atoms with van der Waals surface area (Å²) in [6.45, 7) is 3.66. The van der Waals surface area contributed by atoms with E-state index in [0.29, 0.717) is 12.0 Å². The standard InChI is InChI=1S/C23H25N3O5/c1-4-15(2)19(22(29)31-3)24-23(30)25(14-16-10-6-5-7-11-16)26-20(27)17-12-8-9-13-18(17)21(26)28/h5-13,15,19H,4,14H2,1-3H3,(H,24,30)/t15?,19-/m0/s1. The van der Waals surface area contributed by atoms with Gasteiger partial charge < -0.3 is 10.1 Å². The van der Waals surface area contributed by atoms with Crippen LogP contribution in [-0.2, 0) is 16.1 Å². The zero-order valence-corrected chi connectivity index (χ0v) is 17.7. The normalized spacial score (nSPS) is 14.6. The van der Waals surface area contributed by atoms with Gasteiger partial charge in [0, 0.05) is 0 Å². The lowest BCUT2D eigenvalue weighted by molar-refractivity contribution is -0.144. The Hall–Kier alpha value is -3.68. The molecular weight excluding hydrogens is 398 g/mol. The predicted molar refractivity (Wildman–Crippen MR) is 113 cm³/mol. The van der Waals surface area contributed by atoms with Crippen LogP contribution in [0.5, 0.6) is 0 Å². The number of nitrogens with one attached hydrogen (secondary N) is 1. The average molecular weight is 423 g/mol. The molecule has 8 nitrogen and oxygen atoms in total. The number of hydrazine groups is 1. The second-order valence-electron chi connectivity index (χ2n) is 7.35. The third-order valence-electron chi connectivity index (χ3n) is 5.37. The number of carbonyl (C=O) groups is 4. The van der Waals surface area contributed by atoms with E-state index in [4.69, 9.17) is 4.74 Å². The Morgan fingerprint density at radius 1 is 1.00 bits per heavy atom. The van der Waals surface area contributed by atoms with E-state index in [2.05, 4.69) is 5.32 Å². The minimum absolute atomic E-state index is 0.0352. The highest BCUT2D eigenvalue weighted by Crippen LogP contribution is 2.25. The first kappa shape index (κ1) is 22.0. The van der Waals surface area contributed by atoms with Gasteiger partial charge in [-0.1, -0.05) is 62.7 Å². The number of methoxy groups -OCH3 is 1. The van der Waals surface area contributed by atoms with Crippen molar-refractivity contribution in [1.29, 1.82) is 0 Å². The van der Waals surface area contributed by atoms with Gasteiger partial charge in [-0.25, -0.2) is 14.6 Å². The van der Waals surface area contributed by atoms with Crippen LogP contribution >= 0.6 is 0 Å². The van der Waals surface area contributed by atoms with Crippen molar-refractivity contribution in [3.8, 4) is 0 Å². The van der Waals surface area contributed by atoms with Crippen LogP contribution < -0.4 is 5.32 Å². The molecule has 0 fully saturated rings. The molecule has 2 aromatic carbocycles. The Bertz CT molecular complexity index is 957. The number of esters is 1. The summed E-state index contributed by atoms with van der Waals surface area (Å²) in [5, 5.41) is 4.52. The largest absolute Gasteiger partial charge is 0.467 e. The van der Waals surface area contributed by atoms with Gasteiger partial charge in [-0.05, 0) is 23.6 Å². The van der Waals surface area contributed by atoms with Crippen LogP contribution in [0.3, 0.4) is 0 Å². The van der Waals surface area contributed by atoms with E-state index in [1.807, 2.05) is 19.9 Å². The molecule has 0 saturated heterocycles. The summed E-state index contributed by atoms with van der Waals surface area (Å²) < 4.78 is 4.83. The monoisotopic (exact) mass is 423 g/mol. The summed E-state index contributed by atoms with van der Waals surface area (Å²) in [5.41, 5.74) is 1.17. The number of nitrogens with zero attached hydrogens (tertiary/aromatic N) is 2. The molecule has 2 aromatic rings. The number of urea groups is 1. The number of hydrogen-bond acceptors (Lipinski definition) is 5. The van der Waals surface area contributed by atoms with Crippen LogP contribution in [0.15, 0.2) is 54.6 Å². The molecule has 1 N–H and O–H groups in total. The maximum atomic E-state index is 13.3. The van der Waals surface area contributed by atoms with E-state index in [0.717, 1.165) is 10.0 Å². The number of benzene rings is 2. The number of carbonyl (C=O) groups excluding carboxylic acids is 4. The fourth-order valence-corrected chi connectivity index (χ4v) is 3.39. The van der Waals surface area contributed by atoms with E-state index >= 15 is 0 Å². The lowest BCUT2D eigenvalue weighted by Gasteiger charge is -2.32. The Morgan fingerprint density at radius 3 is 2.06 bits per heavy atom. The molecule has 4 amide bonds. The topological polar surface area (TPSA) is 96.0 Å². The van der Waals surface area contributed by atoms with Crippen molar-refractivity contribution in [3.63, 3.8) is 0 Å². The summed E-state index contributed by atoms with van der Waals surface area (Å²) in [6.07, 6.45) is 0.617. The SMILES string of the molecule is CCC(C)[C@H](NC(=O)N(Cc1ccccc1)N1C(=O)c2ccccc2C1=O)C(=O)OC. The van der Waals surface area contributed by atoms with E-state index in [1.165, 1.54) is 7.11 Å². The van der Waals surface area contributed by atoms with Crippen molar-refractivity contribution in [2.45, 2.75) is 32.9 Å². The first-order chi connectivity index (χ1) is 14.9. The zero-order valence-electron chi connectivity index (χ0n) is 17.7. The predicted octanol–water partition coefficient (Wildman–Crippen LogP) is 3.00. The molecule has 0 radical (unpaired) electrons. The second kappa shape index (κ2) is 9.42. The molecule has 0 spiro atoms. The third kappa shape index (κ3) is 4.42. The molecule has 3 rings (SSSR count).